The number of nitro benzene ring substituents is 1. The minimum absolute atomic E-state index is 0.0562. The van der Waals surface area contributed by atoms with E-state index in [0.717, 1.165) is 5.69 Å². The van der Waals surface area contributed by atoms with Crippen molar-refractivity contribution in [3.8, 4) is 28.4 Å². The second-order valence-electron chi connectivity index (χ2n) is 7.49. The van der Waals surface area contributed by atoms with Crippen LogP contribution in [0, 0.1) is 10.1 Å². The molecule has 1 N–H and O–H groups in total. The molecule has 4 aromatic rings. The van der Waals surface area contributed by atoms with E-state index in [0.29, 0.717) is 41.4 Å². The van der Waals surface area contributed by atoms with E-state index in [1.165, 1.54) is 23.9 Å². The standard InChI is InChI=1S/C25H23N5O5/c1-34-20-10-11-21(24(15-20)35-2)22-16-23(25(31)27-14-12-17-5-3-4-13-26-17)29(28-22)18-6-8-19(9-7-18)30(32)33/h3-11,13,15-16H,12,14H2,1-2H3,(H,27,31). The number of nitrogens with zero attached hydrogens (tertiary/aromatic N) is 4. The number of hydrogen-bond acceptors (Lipinski definition) is 7. The van der Waals surface area contributed by atoms with E-state index in [1.54, 1.807) is 49.7 Å². The Bertz CT molecular complexity index is 1340. The van der Waals surface area contributed by atoms with E-state index < -0.39 is 4.92 Å². The van der Waals surface area contributed by atoms with Gasteiger partial charge < -0.3 is 14.8 Å². The Morgan fingerprint density at radius 1 is 1.06 bits per heavy atom. The number of carbonyl (C=O) groups excluding carboxylic acids is 1. The highest BCUT2D eigenvalue weighted by Crippen LogP contribution is 2.33. The first-order valence-electron chi connectivity index (χ1n) is 10.8. The molecule has 0 aliphatic rings. The van der Waals surface area contributed by atoms with Gasteiger partial charge in [-0.15, -0.1) is 0 Å². The lowest BCUT2D eigenvalue weighted by Crippen LogP contribution is -2.28. The van der Waals surface area contributed by atoms with Gasteiger partial charge in [-0.05, 0) is 42.5 Å². The summed E-state index contributed by atoms with van der Waals surface area (Å²) in [5, 5.41) is 18.6. The van der Waals surface area contributed by atoms with Crippen molar-refractivity contribution >= 4 is 11.6 Å². The maximum Gasteiger partial charge on any atom is 0.270 e. The molecule has 0 atom stereocenters. The monoisotopic (exact) mass is 473 g/mol. The number of rotatable bonds is 9. The number of non-ortho nitro benzene ring substituents is 1. The summed E-state index contributed by atoms with van der Waals surface area (Å²) in [6, 6.07) is 18.4. The van der Waals surface area contributed by atoms with Crippen LogP contribution in [-0.4, -0.2) is 46.4 Å². The lowest BCUT2D eigenvalue weighted by atomic mass is 10.1. The van der Waals surface area contributed by atoms with Gasteiger partial charge in [-0.2, -0.15) is 5.10 Å². The molecule has 0 aliphatic heterocycles. The summed E-state index contributed by atoms with van der Waals surface area (Å²) in [7, 11) is 3.10. The molecule has 2 heterocycles. The van der Waals surface area contributed by atoms with Crippen LogP contribution in [0.2, 0.25) is 0 Å². The molecule has 2 aromatic carbocycles. The minimum Gasteiger partial charge on any atom is -0.497 e. The first-order chi connectivity index (χ1) is 17.0. The topological polar surface area (TPSA) is 121 Å². The highest BCUT2D eigenvalue weighted by atomic mass is 16.6. The molecule has 35 heavy (non-hydrogen) atoms. The first-order valence-corrected chi connectivity index (χ1v) is 10.8. The molecule has 10 heteroatoms. The Kier molecular flexibility index (Phi) is 7.01. The van der Waals surface area contributed by atoms with Crippen molar-refractivity contribution in [1.29, 1.82) is 0 Å². The molecule has 0 bridgehead atoms. The summed E-state index contributed by atoms with van der Waals surface area (Å²) in [6.45, 7) is 0.377. The average molecular weight is 473 g/mol. The van der Waals surface area contributed by atoms with Crippen LogP contribution in [0.1, 0.15) is 16.2 Å². The Hall–Kier alpha value is -4.73. The molecule has 4 rings (SSSR count). The van der Waals surface area contributed by atoms with Gasteiger partial charge in [0, 0.05) is 48.6 Å². The van der Waals surface area contributed by atoms with Crippen LogP contribution in [-0.2, 0) is 6.42 Å². The lowest BCUT2D eigenvalue weighted by molar-refractivity contribution is -0.384. The summed E-state index contributed by atoms with van der Waals surface area (Å²) >= 11 is 0. The van der Waals surface area contributed by atoms with Crippen molar-refractivity contribution in [1.82, 2.24) is 20.1 Å². The number of benzene rings is 2. The molecular formula is C25H23N5O5. The van der Waals surface area contributed by atoms with Gasteiger partial charge in [0.25, 0.3) is 11.6 Å². The van der Waals surface area contributed by atoms with Gasteiger partial charge in [-0.25, -0.2) is 4.68 Å². The Morgan fingerprint density at radius 2 is 1.86 bits per heavy atom. The van der Waals surface area contributed by atoms with Crippen LogP contribution in [0.15, 0.2) is 72.9 Å². The summed E-state index contributed by atoms with van der Waals surface area (Å²) in [4.78, 5) is 28.0. The second kappa shape index (κ2) is 10.5. The highest BCUT2D eigenvalue weighted by molar-refractivity contribution is 5.94. The summed E-state index contributed by atoms with van der Waals surface area (Å²) in [5.41, 5.74) is 2.74. The van der Waals surface area contributed by atoms with Crippen LogP contribution < -0.4 is 14.8 Å². The number of methoxy groups -OCH3 is 2. The van der Waals surface area contributed by atoms with Gasteiger partial charge in [0.2, 0.25) is 0 Å². The highest BCUT2D eigenvalue weighted by Gasteiger charge is 2.20. The SMILES string of the molecule is COc1ccc(-c2cc(C(=O)NCCc3ccccn3)n(-c3ccc([N+](=O)[O-])cc3)n2)c(OC)c1. The van der Waals surface area contributed by atoms with Gasteiger partial charge >= 0.3 is 0 Å². The number of hydrogen-bond donors (Lipinski definition) is 1. The van der Waals surface area contributed by atoms with Crippen molar-refractivity contribution in [2.24, 2.45) is 0 Å². The largest absolute Gasteiger partial charge is 0.497 e. The number of nitro groups is 1. The van der Waals surface area contributed by atoms with E-state index >= 15 is 0 Å². The van der Waals surface area contributed by atoms with Crippen LogP contribution in [0.25, 0.3) is 16.9 Å². The molecule has 0 aliphatic carbocycles. The fourth-order valence-electron chi connectivity index (χ4n) is 3.54. The van der Waals surface area contributed by atoms with E-state index in [1.807, 2.05) is 18.2 Å². The summed E-state index contributed by atoms with van der Waals surface area (Å²) in [5.74, 6) is 0.804. The number of carbonyl (C=O) groups is 1. The molecule has 2 aromatic heterocycles. The third-order valence-corrected chi connectivity index (χ3v) is 5.32. The fourth-order valence-corrected chi connectivity index (χ4v) is 3.54. The third kappa shape index (κ3) is 5.27. The molecule has 0 spiro atoms. The second-order valence-corrected chi connectivity index (χ2v) is 7.49. The van der Waals surface area contributed by atoms with Crippen molar-refractivity contribution < 1.29 is 19.2 Å². The number of nitrogens with one attached hydrogen (secondary N) is 1. The van der Waals surface area contributed by atoms with Crippen LogP contribution in [0.4, 0.5) is 5.69 Å². The maximum absolute atomic E-state index is 13.2. The zero-order valence-electron chi connectivity index (χ0n) is 19.2. The van der Waals surface area contributed by atoms with Crippen LogP contribution in [0.5, 0.6) is 11.5 Å². The van der Waals surface area contributed by atoms with Crippen LogP contribution >= 0.6 is 0 Å². The number of ether oxygens (including phenoxy) is 2. The molecule has 0 fully saturated rings. The summed E-state index contributed by atoms with van der Waals surface area (Å²) in [6.07, 6.45) is 2.27. The molecule has 0 saturated heterocycles. The molecule has 0 unspecified atom stereocenters. The number of aromatic nitrogens is 3. The number of pyridine rings is 1. The molecule has 1 amide bonds. The fraction of sp³-hybridized carbons (Fsp3) is 0.160. The molecule has 0 saturated carbocycles. The quantitative estimate of drug-likeness (QED) is 0.290. The third-order valence-electron chi connectivity index (χ3n) is 5.32. The maximum atomic E-state index is 13.2. The number of amides is 1. The van der Waals surface area contributed by atoms with E-state index in [2.05, 4.69) is 15.4 Å². The smallest absolute Gasteiger partial charge is 0.270 e. The van der Waals surface area contributed by atoms with Crippen molar-refractivity contribution in [3.05, 3.63) is 94.4 Å². The van der Waals surface area contributed by atoms with Crippen molar-refractivity contribution in [3.63, 3.8) is 0 Å². The predicted molar refractivity (Wildman–Crippen MR) is 129 cm³/mol. The Labute approximate surface area is 201 Å². The van der Waals surface area contributed by atoms with Crippen molar-refractivity contribution in [2.75, 3.05) is 20.8 Å². The predicted octanol–water partition coefficient (Wildman–Crippen LogP) is 3.83. The summed E-state index contributed by atoms with van der Waals surface area (Å²) < 4.78 is 12.2. The molecule has 0 radical (unpaired) electrons. The van der Waals surface area contributed by atoms with Gasteiger partial charge in [-0.1, -0.05) is 6.07 Å². The molecular weight excluding hydrogens is 450 g/mol. The van der Waals surface area contributed by atoms with Crippen molar-refractivity contribution in [2.45, 2.75) is 6.42 Å². The van der Waals surface area contributed by atoms with E-state index in [-0.39, 0.29) is 17.3 Å². The average Bonchev–Trinajstić information content (AvgIpc) is 3.34. The first kappa shape index (κ1) is 23.4. The Balaban J connectivity index is 1.68. The van der Waals surface area contributed by atoms with Gasteiger partial charge in [0.1, 0.15) is 17.2 Å². The van der Waals surface area contributed by atoms with Gasteiger partial charge in [0.15, 0.2) is 0 Å². The lowest BCUT2D eigenvalue weighted by Gasteiger charge is -2.09. The molecule has 10 nitrogen and oxygen atoms in total. The van der Waals surface area contributed by atoms with Gasteiger partial charge in [0.05, 0.1) is 30.5 Å². The minimum atomic E-state index is -0.480. The zero-order chi connectivity index (χ0) is 24.8. The van der Waals surface area contributed by atoms with Crippen LogP contribution in [0.3, 0.4) is 0 Å². The normalized spacial score (nSPS) is 10.6. The van der Waals surface area contributed by atoms with E-state index in [9.17, 15) is 14.9 Å². The molecule has 178 valence electrons. The van der Waals surface area contributed by atoms with E-state index in [4.69, 9.17) is 9.47 Å². The zero-order valence-corrected chi connectivity index (χ0v) is 19.2. The Morgan fingerprint density at radius 3 is 2.51 bits per heavy atom. The van der Waals surface area contributed by atoms with Gasteiger partial charge in [-0.3, -0.25) is 19.9 Å².